The van der Waals surface area contributed by atoms with Gasteiger partial charge >= 0.3 is 28.2 Å². The zero-order valence-electron chi connectivity index (χ0n) is 17.4. The van der Waals surface area contributed by atoms with Crippen LogP contribution in [0.25, 0.3) is 0 Å². The van der Waals surface area contributed by atoms with Gasteiger partial charge in [0.25, 0.3) is 0 Å². The van der Waals surface area contributed by atoms with Crippen molar-refractivity contribution >= 4 is 35.9 Å². The van der Waals surface area contributed by atoms with Crippen LogP contribution in [0.2, 0.25) is 0 Å². The van der Waals surface area contributed by atoms with Gasteiger partial charge in [0.2, 0.25) is 0 Å². The fourth-order valence-corrected chi connectivity index (χ4v) is 11.8. The Morgan fingerprint density at radius 3 is 1.29 bits per heavy atom. The summed E-state index contributed by atoms with van der Waals surface area (Å²) in [7, 11) is 4.77. The van der Waals surface area contributed by atoms with Gasteiger partial charge in [-0.15, -0.1) is 0 Å². The minimum Gasteiger partial charge on any atom is -0.184 e. The Morgan fingerprint density at radius 2 is 1.04 bits per heavy atom. The average molecular weight is 614 g/mol. The van der Waals surface area contributed by atoms with Gasteiger partial charge in [-0.3, -0.25) is 0 Å². The van der Waals surface area contributed by atoms with Gasteiger partial charge in [-0.2, -0.15) is 36.4 Å². The standard InChI is InChI=1S/C18H28P2.C6H5.ClH.Pt/c1-13-9-10-14(2)19(13)17-7-5-6-8-18(17)20-15(3)11-12-16(20)4;1-2-4-6-5-3-1;;/h5-8,13-16H,9-12H2,1-4H3;1-5H;1H;/q;-1;;+2/p-1/t13-,14-,15-,16-;;;/m1.../s1. The van der Waals surface area contributed by atoms with Crippen molar-refractivity contribution in [1.29, 1.82) is 0 Å². The van der Waals surface area contributed by atoms with Crippen LogP contribution >= 0.6 is 25.3 Å². The third-order valence-corrected chi connectivity index (χ3v) is 12.8. The van der Waals surface area contributed by atoms with Crippen molar-refractivity contribution in [1.82, 2.24) is 0 Å². The predicted molar refractivity (Wildman–Crippen MR) is 127 cm³/mol. The van der Waals surface area contributed by atoms with Gasteiger partial charge in [0.05, 0.1) is 0 Å². The second-order valence-corrected chi connectivity index (χ2v) is 14.1. The van der Waals surface area contributed by atoms with Crippen molar-refractivity contribution in [2.24, 2.45) is 0 Å². The summed E-state index contributed by atoms with van der Waals surface area (Å²) >= 11 is 1.61. The molecule has 0 radical (unpaired) electrons. The minimum absolute atomic E-state index is 0.0785. The van der Waals surface area contributed by atoms with Crippen LogP contribution < -0.4 is 10.6 Å². The summed E-state index contributed by atoms with van der Waals surface area (Å²) in [5.74, 6) is 0. The first-order chi connectivity index (χ1) is 13.6. The Labute approximate surface area is 190 Å². The van der Waals surface area contributed by atoms with Crippen LogP contribution in [-0.2, 0) is 18.8 Å². The summed E-state index contributed by atoms with van der Waals surface area (Å²) in [6.07, 6.45) is 5.79. The molecule has 0 nitrogen and oxygen atoms in total. The molecule has 4 atom stereocenters. The van der Waals surface area contributed by atoms with Gasteiger partial charge in [0.15, 0.2) is 0 Å². The molecule has 0 saturated carbocycles. The summed E-state index contributed by atoms with van der Waals surface area (Å²) in [4.78, 5) is 0. The van der Waals surface area contributed by atoms with E-state index in [0.717, 1.165) is 22.6 Å². The van der Waals surface area contributed by atoms with Gasteiger partial charge in [-0.1, -0.05) is 67.8 Å². The van der Waals surface area contributed by atoms with Gasteiger partial charge in [0, 0.05) is 0 Å². The molecule has 156 valence electrons. The summed E-state index contributed by atoms with van der Waals surface area (Å²) in [5.41, 5.74) is 3.74. The van der Waals surface area contributed by atoms with Gasteiger partial charge < -0.3 is 0 Å². The SMILES string of the molecule is C[C@@H]1CC[C@@H](C)P1c1ccccc1P1[C@H](C)CC[C@H]1C.[Cl][Pt+].[c-]1ccccc1. The monoisotopic (exact) mass is 613 g/mol. The van der Waals surface area contributed by atoms with Crippen molar-refractivity contribution < 1.29 is 18.8 Å². The second kappa shape index (κ2) is 12.9. The number of benzene rings is 2. The van der Waals surface area contributed by atoms with Crippen LogP contribution in [0.4, 0.5) is 0 Å². The summed E-state index contributed by atoms with van der Waals surface area (Å²) in [6.45, 7) is 10.0. The number of halogens is 1. The molecule has 2 fully saturated rings. The Morgan fingerprint density at radius 1 is 0.679 bits per heavy atom. The molecule has 0 N–H and O–H groups in total. The normalized spacial score (nSPS) is 27.5. The van der Waals surface area contributed by atoms with E-state index < -0.39 is 0 Å². The molecule has 0 bridgehead atoms. The largest absolute Gasteiger partial charge is 0.184 e. The van der Waals surface area contributed by atoms with E-state index in [1.54, 1.807) is 29.4 Å². The first-order valence-corrected chi connectivity index (χ1v) is 16.1. The summed E-state index contributed by atoms with van der Waals surface area (Å²) in [6, 6.07) is 22.1. The predicted octanol–water partition coefficient (Wildman–Crippen LogP) is 7.22. The molecule has 2 aliphatic heterocycles. The Balaban J connectivity index is 0.000000296. The molecule has 2 aromatic carbocycles. The van der Waals surface area contributed by atoms with E-state index in [9.17, 15) is 0 Å². The zero-order valence-corrected chi connectivity index (χ0v) is 22.2. The maximum Gasteiger partial charge on any atom is -0.171 e. The molecule has 0 unspecified atom stereocenters. The Hall–Kier alpha value is 0.278. The molecule has 0 aromatic heterocycles. The quantitative estimate of drug-likeness (QED) is 0.248. The zero-order chi connectivity index (χ0) is 20.5. The molecule has 4 heteroatoms. The maximum absolute atomic E-state index is 4.61. The van der Waals surface area contributed by atoms with Crippen molar-refractivity contribution in [3.8, 4) is 0 Å². The molecule has 28 heavy (non-hydrogen) atoms. The molecule has 2 heterocycles. The van der Waals surface area contributed by atoms with Crippen LogP contribution in [0.5, 0.6) is 0 Å². The van der Waals surface area contributed by atoms with Crippen molar-refractivity contribution in [2.45, 2.75) is 76.0 Å². The van der Waals surface area contributed by atoms with E-state index >= 15 is 0 Å². The van der Waals surface area contributed by atoms with Crippen molar-refractivity contribution in [3.63, 3.8) is 0 Å². The molecule has 2 aromatic rings. The molecule has 0 aliphatic carbocycles. The number of rotatable bonds is 2. The first-order valence-electron chi connectivity index (χ1n) is 10.3. The summed E-state index contributed by atoms with van der Waals surface area (Å²) < 4.78 is 0. The molecule has 4 rings (SSSR count). The van der Waals surface area contributed by atoms with E-state index in [1.165, 1.54) is 25.7 Å². The van der Waals surface area contributed by atoms with Crippen LogP contribution in [0, 0.1) is 6.07 Å². The van der Waals surface area contributed by atoms with Gasteiger partial charge in [-0.05, 0) is 58.9 Å². The van der Waals surface area contributed by atoms with Gasteiger partial charge in [0.1, 0.15) is 0 Å². The Kier molecular flexibility index (Phi) is 11.3. The molecule has 0 amide bonds. The molecular weight excluding hydrogens is 581 g/mol. The van der Waals surface area contributed by atoms with Crippen molar-refractivity contribution in [2.75, 3.05) is 0 Å². The van der Waals surface area contributed by atoms with E-state index in [4.69, 9.17) is 0 Å². The van der Waals surface area contributed by atoms with E-state index in [-0.39, 0.29) is 15.8 Å². The van der Waals surface area contributed by atoms with Gasteiger partial charge in [-0.25, -0.2) is 0 Å². The van der Waals surface area contributed by atoms with Crippen LogP contribution in [0.15, 0.2) is 54.6 Å². The fourth-order valence-electron chi connectivity index (χ4n) is 4.58. The number of hydrogen-bond donors (Lipinski definition) is 0. The van der Waals surface area contributed by atoms with Crippen molar-refractivity contribution in [3.05, 3.63) is 60.7 Å². The fraction of sp³-hybridized carbons (Fsp3) is 0.500. The Bertz CT molecular complexity index is 592. The van der Waals surface area contributed by atoms with E-state index in [1.807, 2.05) is 30.3 Å². The van der Waals surface area contributed by atoms with E-state index in [0.29, 0.717) is 0 Å². The third-order valence-electron chi connectivity index (χ3n) is 5.95. The summed E-state index contributed by atoms with van der Waals surface area (Å²) in [5, 5.41) is 3.57. The first kappa shape index (κ1) is 24.5. The third kappa shape index (κ3) is 6.39. The topological polar surface area (TPSA) is 0 Å². The molecule has 0 spiro atoms. The average Bonchev–Trinajstić information content (AvgIpc) is 3.26. The molecular formula is C24H33ClP2Pt. The smallest absolute Gasteiger partial charge is 0.171 e. The molecule has 2 aliphatic rings. The maximum atomic E-state index is 4.61. The van der Waals surface area contributed by atoms with Crippen LogP contribution in [-0.4, -0.2) is 22.6 Å². The second-order valence-electron chi connectivity index (χ2n) is 7.93. The number of hydrogen-bond acceptors (Lipinski definition) is 0. The molecule has 2 saturated heterocycles. The van der Waals surface area contributed by atoms with Crippen LogP contribution in [0.3, 0.4) is 0 Å². The van der Waals surface area contributed by atoms with Crippen LogP contribution in [0.1, 0.15) is 53.4 Å². The minimum atomic E-state index is 0.0785. The van der Waals surface area contributed by atoms with E-state index in [2.05, 4.69) is 67.4 Å².